The van der Waals surface area contributed by atoms with E-state index in [1.165, 1.54) is 0 Å². The first-order chi connectivity index (χ1) is 8.69. The van der Waals surface area contributed by atoms with Crippen molar-refractivity contribution in [2.24, 2.45) is 5.92 Å². The zero-order chi connectivity index (χ0) is 13.0. The lowest BCUT2D eigenvalue weighted by Gasteiger charge is -2.35. The minimum absolute atomic E-state index is 0.124. The van der Waals surface area contributed by atoms with Crippen LogP contribution in [0.4, 0.5) is 0 Å². The van der Waals surface area contributed by atoms with Crippen LogP contribution in [0.5, 0.6) is 0 Å². The minimum atomic E-state index is 0.124. The van der Waals surface area contributed by atoms with Gasteiger partial charge in [-0.3, -0.25) is 9.69 Å². The fourth-order valence-electron chi connectivity index (χ4n) is 2.69. The monoisotopic (exact) mass is 253 g/mol. The molecular weight excluding hydrogens is 230 g/mol. The number of aldehydes is 1. The van der Waals surface area contributed by atoms with Crippen LogP contribution in [0.3, 0.4) is 0 Å². The van der Waals surface area contributed by atoms with Crippen molar-refractivity contribution in [1.29, 1.82) is 0 Å². The highest BCUT2D eigenvalue weighted by Crippen LogP contribution is 2.14. The Morgan fingerprint density at radius 1 is 1.22 bits per heavy atom. The minimum Gasteiger partial charge on any atom is -0.339 e. The quantitative estimate of drug-likeness (QED) is 0.646. The molecule has 0 aromatic heterocycles. The van der Waals surface area contributed by atoms with Crippen molar-refractivity contribution in [3.8, 4) is 0 Å². The van der Waals surface area contributed by atoms with Crippen LogP contribution in [0.25, 0.3) is 0 Å². The highest BCUT2D eigenvalue weighted by atomic mass is 16.2. The second-order valence-corrected chi connectivity index (χ2v) is 5.46. The van der Waals surface area contributed by atoms with Crippen molar-refractivity contribution in [3.63, 3.8) is 0 Å². The highest BCUT2D eigenvalue weighted by Gasteiger charge is 2.24. The topological polar surface area (TPSA) is 43.9 Å². The van der Waals surface area contributed by atoms with E-state index in [4.69, 9.17) is 0 Å². The third kappa shape index (κ3) is 3.53. The number of likely N-dealkylation sites (tertiary alicyclic amines) is 1. The predicted octanol–water partition coefficient (Wildman–Crippen LogP) is -0.329. The van der Waals surface area contributed by atoms with Crippen molar-refractivity contribution in [3.05, 3.63) is 0 Å². The molecular formula is C13H23N3O2. The van der Waals surface area contributed by atoms with Crippen molar-refractivity contribution < 1.29 is 9.59 Å². The first-order valence-electron chi connectivity index (χ1n) is 6.83. The number of carbonyl (C=O) groups is 2. The molecule has 2 saturated heterocycles. The van der Waals surface area contributed by atoms with E-state index in [-0.39, 0.29) is 11.8 Å². The molecule has 18 heavy (non-hydrogen) atoms. The molecule has 1 atom stereocenters. The van der Waals surface area contributed by atoms with E-state index in [1.54, 1.807) is 0 Å². The summed E-state index contributed by atoms with van der Waals surface area (Å²) in [7, 11) is 2.08. The fraction of sp³-hybridized carbons (Fsp3) is 0.846. The van der Waals surface area contributed by atoms with Crippen LogP contribution in [0.2, 0.25) is 0 Å². The van der Waals surface area contributed by atoms with Gasteiger partial charge in [0, 0.05) is 38.6 Å². The zero-order valence-corrected chi connectivity index (χ0v) is 11.2. The molecule has 0 N–H and O–H groups in total. The number of carbonyl (C=O) groups excluding carboxylic acids is 2. The molecule has 2 aliphatic rings. The van der Waals surface area contributed by atoms with Crippen molar-refractivity contribution in [2.75, 3.05) is 52.9 Å². The Labute approximate surface area is 109 Å². The predicted molar refractivity (Wildman–Crippen MR) is 69.3 cm³/mol. The molecule has 0 radical (unpaired) electrons. The van der Waals surface area contributed by atoms with Crippen LogP contribution in [0.1, 0.15) is 12.8 Å². The second kappa shape index (κ2) is 6.29. The van der Waals surface area contributed by atoms with Gasteiger partial charge in [-0.25, -0.2) is 0 Å². The fourth-order valence-corrected chi connectivity index (χ4v) is 2.69. The lowest BCUT2D eigenvalue weighted by Crippen LogP contribution is -2.51. The van der Waals surface area contributed by atoms with Gasteiger partial charge in [0.25, 0.3) is 0 Å². The Morgan fingerprint density at radius 2 is 1.94 bits per heavy atom. The van der Waals surface area contributed by atoms with Crippen molar-refractivity contribution >= 4 is 12.2 Å². The zero-order valence-electron chi connectivity index (χ0n) is 11.2. The Bertz CT molecular complexity index is 301. The molecule has 0 aromatic rings. The Morgan fingerprint density at radius 3 is 2.61 bits per heavy atom. The number of nitrogens with zero attached hydrogens (tertiary/aromatic N) is 3. The van der Waals surface area contributed by atoms with E-state index in [9.17, 15) is 9.59 Å². The number of piperidine rings is 1. The third-order valence-electron chi connectivity index (χ3n) is 3.95. The summed E-state index contributed by atoms with van der Waals surface area (Å²) in [6, 6.07) is 0. The van der Waals surface area contributed by atoms with Crippen LogP contribution in [-0.2, 0) is 9.59 Å². The Hall–Kier alpha value is -0.940. The normalized spacial score (nSPS) is 27.2. The number of hydrogen-bond acceptors (Lipinski definition) is 4. The van der Waals surface area contributed by atoms with E-state index in [0.717, 1.165) is 58.4 Å². The molecule has 1 unspecified atom stereocenters. The van der Waals surface area contributed by atoms with Crippen LogP contribution in [0.15, 0.2) is 0 Å². The van der Waals surface area contributed by atoms with Crippen LogP contribution < -0.4 is 0 Å². The van der Waals surface area contributed by atoms with Gasteiger partial charge in [-0.1, -0.05) is 0 Å². The Balaban J connectivity index is 1.78. The van der Waals surface area contributed by atoms with Crippen LogP contribution >= 0.6 is 0 Å². The van der Waals surface area contributed by atoms with Gasteiger partial charge in [0.15, 0.2) is 0 Å². The van der Waals surface area contributed by atoms with E-state index < -0.39 is 0 Å². The summed E-state index contributed by atoms with van der Waals surface area (Å²) >= 11 is 0. The first-order valence-corrected chi connectivity index (χ1v) is 6.83. The molecule has 0 bridgehead atoms. The SMILES string of the molecule is CN1CCN(C(=O)CN2CCCC(C=O)C2)CC1. The summed E-state index contributed by atoms with van der Waals surface area (Å²) in [6.07, 6.45) is 3.04. The van der Waals surface area contributed by atoms with Gasteiger partial charge >= 0.3 is 0 Å². The molecule has 1 amide bonds. The number of likely N-dealkylation sites (N-methyl/N-ethyl adjacent to an activating group) is 1. The Kier molecular flexibility index (Phi) is 4.72. The summed E-state index contributed by atoms with van der Waals surface area (Å²) in [5.41, 5.74) is 0. The van der Waals surface area contributed by atoms with Gasteiger partial charge in [0.05, 0.1) is 6.54 Å². The van der Waals surface area contributed by atoms with E-state index in [1.807, 2.05) is 4.90 Å². The summed E-state index contributed by atoms with van der Waals surface area (Å²) in [5.74, 6) is 0.341. The average Bonchev–Trinajstić information content (AvgIpc) is 2.39. The lowest BCUT2D eigenvalue weighted by molar-refractivity contribution is -0.134. The molecule has 102 valence electrons. The van der Waals surface area contributed by atoms with E-state index in [0.29, 0.717) is 6.54 Å². The molecule has 0 saturated carbocycles. The lowest BCUT2D eigenvalue weighted by atomic mass is 10.00. The molecule has 0 spiro atoms. The summed E-state index contributed by atoms with van der Waals surface area (Å²) in [4.78, 5) is 29.3. The molecule has 5 nitrogen and oxygen atoms in total. The van der Waals surface area contributed by atoms with Gasteiger partial charge in [-0.05, 0) is 26.4 Å². The van der Waals surface area contributed by atoms with Crippen LogP contribution in [-0.4, -0.2) is 79.8 Å². The maximum Gasteiger partial charge on any atom is 0.236 e. The van der Waals surface area contributed by atoms with Gasteiger partial charge < -0.3 is 14.6 Å². The van der Waals surface area contributed by atoms with Gasteiger partial charge in [-0.2, -0.15) is 0 Å². The van der Waals surface area contributed by atoms with E-state index in [2.05, 4.69) is 16.8 Å². The largest absolute Gasteiger partial charge is 0.339 e. The molecule has 0 aromatic carbocycles. The van der Waals surface area contributed by atoms with Crippen LogP contribution in [0, 0.1) is 5.92 Å². The van der Waals surface area contributed by atoms with Crippen molar-refractivity contribution in [1.82, 2.24) is 14.7 Å². The van der Waals surface area contributed by atoms with Gasteiger partial charge in [0.2, 0.25) is 5.91 Å². The van der Waals surface area contributed by atoms with E-state index >= 15 is 0 Å². The summed E-state index contributed by atoms with van der Waals surface area (Å²) in [5, 5.41) is 0. The number of hydrogen-bond donors (Lipinski definition) is 0. The smallest absolute Gasteiger partial charge is 0.236 e. The molecule has 2 heterocycles. The standard InChI is InChI=1S/C13H23N3O2/c1-14-5-7-16(8-6-14)13(18)10-15-4-2-3-12(9-15)11-17/h11-12H,2-10H2,1H3. The number of rotatable bonds is 3. The number of piperazine rings is 1. The first kappa shape index (κ1) is 13.5. The molecule has 2 rings (SSSR count). The summed E-state index contributed by atoms with van der Waals surface area (Å²) < 4.78 is 0. The molecule has 2 aliphatic heterocycles. The van der Waals surface area contributed by atoms with Gasteiger partial charge in [-0.15, -0.1) is 0 Å². The molecule has 0 aliphatic carbocycles. The maximum atomic E-state index is 12.1. The molecule has 2 fully saturated rings. The molecule has 5 heteroatoms. The highest BCUT2D eigenvalue weighted by molar-refractivity contribution is 5.78. The van der Waals surface area contributed by atoms with Crippen molar-refractivity contribution in [2.45, 2.75) is 12.8 Å². The third-order valence-corrected chi connectivity index (χ3v) is 3.95. The number of amides is 1. The second-order valence-electron chi connectivity index (χ2n) is 5.46. The summed E-state index contributed by atoms with van der Waals surface area (Å²) in [6.45, 7) is 5.77. The average molecular weight is 253 g/mol. The maximum absolute atomic E-state index is 12.1. The van der Waals surface area contributed by atoms with Gasteiger partial charge in [0.1, 0.15) is 6.29 Å².